The van der Waals surface area contributed by atoms with Crippen LogP contribution in [0.3, 0.4) is 0 Å². The smallest absolute Gasteiger partial charge is 0.260 e. The molecule has 3 rings (SSSR count). The molecule has 1 aliphatic heterocycles. The van der Waals surface area contributed by atoms with Gasteiger partial charge in [0.05, 0.1) is 6.54 Å². The molecule has 164 valence electrons. The molecule has 0 aliphatic carbocycles. The summed E-state index contributed by atoms with van der Waals surface area (Å²) in [5.41, 5.74) is 2.57. The molecule has 7 heteroatoms. The van der Waals surface area contributed by atoms with Gasteiger partial charge in [-0.15, -0.1) is 0 Å². The van der Waals surface area contributed by atoms with E-state index in [9.17, 15) is 14.4 Å². The van der Waals surface area contributed by atoms with Gasteiger partial charge in [-0.05, 0) is 43.3 Å². The molecule has 0 aromatic heterocycles. The predicted octanol–water partition coefficient (Wildman–Crippen LogP) is 2.75. The molecule has 0 radical (unpaired) electrons. The highest BCUT2D eigenvalue weighted by Gasteiger charge is 2.22. The highest BCUT2D eigenvalue weighted by atomic mass is 16.5. The number of ketones is 1. The summed E-state index contributed by atoms with van der Waals surface area (Å²) < 4.78 is 5.58. The number of anilines is 1. The number of nitrogens with one attached hydrogen (secondary N) is 1. The molecule has 0 unspecified atom stereocenters. The van der Waals surface area contributed by atoms with Gasteiger partial charge in [0, 0.05) is 43.9 Å². The van der Waals surface area contributed by atoms with Gasteiger partial charge in [-0.25, -0.2) is 0 Å². The van der Waals surface area contributed by atoms with Crippen LogP contribution in [-0.4, -0.2) is 66.7 Å². The third-order valence-corrected chi connectivity index (χ3v) is 5.29. The molecule has 0 spiro atoms. The molecule has 1 saturated heterocycles. The summed E-state index contributed by atoms with van der Waals surface area (Å²) in [6.45, 7) is 6.48. The number of rotatable bonds is 8. The maximum atomic E-state index is 12.4. The number of amides is 2. The topological polar surface area (TPSA) is 79.0 Å². The Balaban J connectivity index is 1.38. The molecule has 0 atom stereocenters. The largest absolute Gasteiger partial charge is 0.484 e. The summed E-state index contributed by atoms with van der Waals surface area (Å²) >= 11 is 0. The van der Waals surface area contributed by atoms with Gasteiger partial charge in [-0.1, -0.05) is 24.6 Å². The Morgan fingerprint density at radius 2 is 1.58 bits per heavy atom. The summed E-state index contributed by atoms with van der Waals surface area (Å²) in [5.74, 6) is 0.495. The number of carbonyl (C=O) groups excluding carboxylic acids is 3. The molecule has 1 fully saturated rings. The maximum absolute atomic E-state index is 12.4. The van der Waals surface area contributed by atoms with E-state index in [2.05, 4.69) is 5.32 Å². The molecule has 0 saturated carbocycles. The summed E-state index contributed by atoms with van der Waals surface area (Å²) in [7, 11) is 0. The zero-order chi connectivity index (χ0) is 22.2. The van der Waals surface area contributed by atoms with Crippen LogP contribution in [0.4, 0.5) is 5.69 Å². The molecule has 1 heterocycles. The second-order valence-electron chi connectivity index (χ2n) is 7.66. The fourth-order valence-corrected chi connectivity index (χ4v) is 3.37. The highest BCUT2D eigenvalue weighted by Crippen LogP contribution is 2.14. The van der Waals surface area contributed by atoms with E-state index >= 15 is 0 Å². The van der Waals surface area contributed by atoms with E-state index in [0.717, 1.165) is 11.3 Å². The number of nitrogens with zero attached hydrogens (tertiary/aromatic N) is 2. The van der Waals surface area contributed by atoms with Crippen LogP contribution in [0, 0.1) is 6.92 Å². The zero-order valence-corrected chi connectivity index (χ0v) is 18.1. The van der Waals surface area contributed by atoms with E-state index in [1.165, 1.54) is 0 Å². The van der Waals surface area contributed by atoms with Crippen LogP contribution in [0.15, 0.2) is 48.5 Å². The van der Waals surface area contributed by atoms with Gasteiger partial charge in [-0.3, -0.25) is 19.3 Å². The number of Topliss-reactive ketones (excluding diaryl/α,β-unsaturated/α-hetero) is 1. The average molecular weight is 424 g/mol. The first-order valence-corrected chi connectivity index (χ1v) is 10.6. The first-order valence-electron chi connectivity index (χ1n) is 10.6. The fourth-order valence-electron chi connectivity index (χ4n) is 3.37. The van der Waals surface area contributed by atoms with Crippen molar-refractivity contribution in [2.75, 3.05) is 44.6 Å². The van der Waals surface area contributed by atoms with Crippen LogP contribution < -0.4 is 10.1 Å². The van der Waals surface area contributed by atoms with Crippen molar-refractivity contribution in [3.05, 3.63) is 59.7 Å². The molecule has 1 aliphatic rings. The van der Waals surface area contributed by atoms with Crippen molar-refractivity contribution in [3.63, 3.8) is 0 Å². The van der Waals surface area contributed by atoms with E-state index in [1.54, 1.807) is 29.2 Å². The Morgan fingerprint density at radius 3 is 2.19 bits per heavy atom. The monoisotopic (exact) mass is 423 g/mol. The highest BCUT2D eigenvalue weighted by molar-refractivity contribution is 5.96. The SMILES string of the molecule is CCC(=O)c1ccc(OCC(=O)N2CCN(CC(=O)Nc3ccc(C)cc3)CC2)cc1. The Labute approximate surface area is 183 Å². The molecular formula is C24H29N3O4. The van der Waals surface area contributed by atoms with Crippen molar-refractivity contribution in [1.29, 1.82) is 0 Å². The van der Waals surface area contributed by atoms with Gasteiger partial charge in [-0.2, -0.15) is 0 Å². The first-order chi connectivity index (χ1) is 14.9. The van der Waals surface area contributed by atoms with Crippen molar-refractivity contribution < 1.29 is 19.1 Å². The van der Waals surface area contributed by atoms with Crippen molar-refractivity contribution in [2.24, 2.45) is 0 Å². The Morgan fingerprint density at radius 1 is 0.935 bits per heavy atom. The Kier molecular flexibility index (Phi) is 7.78. The lowest BCUT2D eigenvalue weighted by molar-refractivity contribution is -0.135. The molecular weight excluding hydrogens is 394 g/mol. The van der Waals surface area contributed by atoms with Crippen LogP contribution >= 0.6 is 0 Å². The van der Waals surface area contributed by atoms with Crippen LogP contribution in [0.25, 0.3) is 0 Å². The quantitative estimate of drug-likeness (QED) is 0.661. The summed E-state index contributed by atoms with van der Waals surface area (Å²) in [6, 6.07) is 14.5. The van der Waals surface area contributed by atoms with Gasteiger partial charge in [0.2, 0.25) is 5.91 Å². The minimum Gasteiger partial charge on any atom is -0.484 e. The molecule has 2 aromatic rings. The van der Waals surface area contributed by atoms with E-state index < -0.39 is 0 Å². The number of hydrogen-bond acceptors (Lipinski definition) is 5. The maximum Gasteiger partial charge on any atom is 0.260 e. The van der Waals surface area contributed by atoms with Crippen molar-refractivity contribution in [2.45, 2.75) is 20.3 Å². The number of hydrogen-bond donors (Lipinski definition) is 1. The van der Waals surface area contributed by atoms with Gasteiger partial charge in [0.1, 0.15) is 5.75 Å². The summed E-state index contributed by atoms with van der Waals surface area (Å²) in [6.07, 6.45) is 0.457. The Hall–Kier alpha value is -3.19. The standard InChI is InChI=1S/C24H29N3O4/c1-3-22(28)19-6-10-21(11-7-19)31-17-24(30)27-14-12-26(13-15-27)16-23(29)25-20-8-4-18(2)5-9-20/h4-11H,3,12-17H2,1-2H3,(H,25,29). The van der Waals surface area contributed by atoms with E-state index in [4.69, 9.17) is 4.74 Å². The van der Waals surface area contributed by atoms with E-state index in [-0.39, 0.29) is 24.2 Å². The third kappa shape index (κ3) is 6.65. The minimum atomic E-state index is -0.0857. The number of benzene rings is 2. The summed E-state index contributed by atoms with van der Waals surface area (Å²) in [4.78, 5) is 40.1. The van der Waals surface area contributed by atoms with Gasteiger partial charge < -0.3 is 15.0 Å². The molecule has 1 N–H and O–H groups in total. The van der Waals surface area contributed by atoms with Gasteiger partial charge in [0.15, 0.2) is 12.4 Å². The third-order valence-electron chi connectivity index (χ3n) is 5.29. The van der Waals surface area contributed by atoms with E-state index in [1.807, 2.05) is 43.0 Å². The number of aryl methyl sites for hydroxylation is 1. The Bertz CT molecular complexity index is 901. The average Bonchev–Trinajstić information content (AvgIpc) is 2.79. The minimum absolute atomic E-state index is 0.0466. The molecule has 7 nitrogen and oxygen atoms in total. The molecule has 2 amide bonds. The van der Waals surface area contributed by atoms with E-state index in [0.29, 0.717) is 50.5 Å². The zero-order valence-electron chi connectivity index (χ0n) is 18.1. The normalized spacial score (nSPS) is 14.2. The lowest BCUT2D eigenvalue weighted by Crippen LogP contribution is -2.51. The van der Waals surface area contributed by atoms with Crippen molar-refractivity contribution in [1.82, 2.24) is 9.80 Å². The van der Waals surface area contributed by atoms with Crippen LogP contribution in [0.2, 0.25) is 0 Å². The summed E-state index contributed by atoms with van der Waals surface area (Å²) in [5, 5.41) is 2.90. The van der Waals surface area contributed by atoms with Crippen LogP contribution in [0.1, 0.15) is 29.3 Å². The first kappa shape index (κ1) is 22.5. The molecule has 2 aromatic carbocycles. The molecule has 0 bridgehead atoms. The second kappa shape index (κ2) is 10.7. The van der Waals surface area contributed by atoms with Crippen LogP contribution in [-0.2, 0) is 9.59 Å². The lowest BCUT2D eigenvalue weighted by atomic mass is 10.1. The van der Waals surface area contributed by atoms with Gasteiger partial charge in [0.25, 0.3) is 5.91 Å². The number of carbonyl (C=O) groups is 3. The van der Waals surface area contributed by atoms with Crippen LogP contribution in [0.5, 0.6) is 5.75 Å². The van der Waals surface area contributed by atoms with Gasteiger partial charge >= 0.3 is 0 Å². The van der Waals surface area contributed by atoms with Crippen molar-refractivity contribution in [3.8, 4) is 5.75 Å². The predicted molar refractivity (Wildman–Crippen MR) is 119 cm³/mol. The second-order valence-corrected chi connectivity index (χ2v) is 7.66. The lowest BCUT2D eigenvalue weighted by Gasteiger charge is -2.34. The molecule has 31 heavy (non-hydrogen) atoms. The van der Waals surface area contributed by atoms with Crippen molar-refractivity contribution >= 4 is 23.3 Å². The fraction of sp³-hybridized carbons (Fsp3) is 0.375. The number of piperazine rings is 1. The number of ether oxygens (including phenoxy) is 1.